The monoisotopic (exact) mass is 379 g/mol. The fourth-order valence-electron chi connectivity index (χ4n) is 5.07. The first-order chi connectivity index (χ1) is 12.7. The van der Waals surface area contributed by atoms with Crippen molar-refractivity contribution in [2.45, 2.75) is 63.8 Å². The number of nitrogens with one attached hydrogen (secondary N) is 2. The standard InChI is InChI=1S/C21H41N5O/c1-17-10-9-13-21(14-17,26(5)6)16-24-19(22-2)23-15-20(11-7-8-12-20)18(27)25(3)4/h17H,7-16H2,1-6H3,(H2,22,23,24). The molecule has 2 fully saturated rings. The third-order valence-electron chi connectivity index (χ3n) is 6.84. The molecular weight excluding hydrogens is 338 g/mol. The molecule has 0 radical (unpaired) electrons. The summed E-state index contributed by atoms with van der Waals surface area (Å²) in [6.45, 7) is 3.91. The Balaban J connectivity index is 1.98. The van der Waals surface area contributed by atoms with Crippen LogP contribution in [0, 0.1) is 11.3 Å². The predicted molar refractivity (Wildman–Crippen MR) is 113 cm³/mol. The van der Waals surface area contributed by atoms with Crippen LogP contribution in [-0.4, -0.2) is 75.5 Å². The summed E-state index contributed by atoms with van der Waals surface area (Å²) in [5.74, 6) is 1.82. The number of guanidine groups is 1. The average molecular weight is 380 g/mol. The van der Waals surface area contributed by atoms with E-state index < -0.39 is 0 Å². The van der Waals surface area contributed by atoms with Gasteiger partial charge in [-0.25, -0.2) is 0 Å². The zero-order valence-electron chi connectivity index (χ0n) is 18.4. The number of carbonyl (C=O) groups excluding carboxylic acids is 1. The van der Waals surface area contributed by atoms with Crippen molar-refractivity contribution in [3.8, 4) is 0 Å². The lowest BCUT2D eigenvalue weighted by Gasteiger charge is -2.45. The van der Waals surface area contributed by atoms with E-state index in [9.17, 15) is 4.79 Å². The van der Waals surface area contributed by atoms with E-state index in [1.165, 1.54) is 25.7 Å². The summed E-state index contributed by atoms with van der Waals surface area (Å²) >= 11 is 0. The molecule has 2 atom stereocenters. The molecule has 0 saturated heterocycles. The third kappa shape index (κ3) is 5.15. The van der Waals surface area contributed by atoms with Crippen molar-refractivity contribution >= 4 is 11.9 Å². The Morgan fingerprint density at radius 2 is 1.67 bits per heavy atom. The summed E-state index contributed by atoms with van der Waals surface area (Å²) in [5, 5.41) is 7.03. The van der Waals surface area contributed by atoms with E-state index in [0.29, 0.717) is 6.54 Å². The predicted octanol–water partition coefficient (Wildman–Crippen LogP) is 2.31. The van der Waals surface area contributed by atoms with Gasteiger partial charge in [-0.2, -0.15) is 0 Å². The number of nitrogens with zero attached hydrogens (tertiary/aromatic N) is 3. The van der Waals surface area contributed by atoms with Crippen LogP contribution in [0.25, 0.3) is 0 Å². The molecule has 0 aromatic rings. The Morgan fingerprint density at radius 3 is 2.19 bits per heavy atom. The van der Waals surface area contributed by atoms with E-state index in [2.05, 4.69) is 41.5 Å². The molecule has 0 heterocycles. The van der Waals surface area contributed by atoms with Crippen LogP contribution in [0.15, 0.2) is 4.99 Å². The van der Waals surface area contributed by atoms with E-state index >= 15 is 0 Å². The molecule has 0 aromatic carbocycles. The molecule has 2 aliphatic rings. The Morgan fingerprint density at radius 1 is 1.04 bits per heavy atom. The maximum Gasteiger partial charge on any atom is 0.230 e. The van der Waals surface area contributed by atoms with Crippen molar-refractivity contribution in [1.29, 1.82) is 0 Å². The molecule has 2 rings (SSSR count). The van der Waals surface area contributed by atoms with Crippen LogP contribution in [0.5, 0.6) is 0 Å². The highest BCUT2D eigenvalue weighted by molar-refractivity contribution is 5.85. The third-order valence-corrected chi connectivity index (χ3v) is 6.84. The summed E-state index contributed by atoms with van der Waals surface area (Å²) in [7, 11) is 9.93. The first-order valence-corrected chi connectivity index (χ1v) is 10.6. The quantitative estimate of drug-likeness (QED) is 0.549. The van der Waals surface area contributed by atoms with Crippen LogP contribution in [-0.2, 0) is 4.79 Å². The van der Waals surface area contributed by atoms with E-state index in [0.717, 1.165) is 44.1 Å². The smallest absolute Gasteiger partial charge is 0.230 e. The van der Waals surface area contributed by atoms with Crippen LogP contribution in [0.2, 0.25) is 0 Å². The second-order valence-electron chi connectivity index (χ2n) is 9.29. The number of carbonyl (C=O) groups is 1. The van der Waals surface area contributed by atoms with Gasteiger partial charge in [-0.3, -0.25) is 9.79 Å². The van der Waals surface area contributed by atoms with Crippen molar-refractivity contribution in [2.24, 2.45) is 16.3 Å². The number of rotatable bonds is 6. The fourth-order valence-corrected chi connectivity index (χ4v) is 5.07. The maximum absolute atomic E-state index is 12.8. The van der Waals surface area contributed by atoms with Crippen molar-refractivity contribution in [2.75, 3.05) is 48.3 Å². The Labute approximate surface area is 166 Å². The topological polar surface area (TPSA) is 60.0 Å². The highest BCUT2D eigenvalue weighted by Crippen LogP contribution is 2.39. The first kappa shape index (κ1) is 22.0. The minimum atomic E-state index is -0.278. The number of hydrogen-bond acceptors (Lipinski definition) is 3. The summed E-state index contributed by atoms with van der Waals surface area (Å²) in [6, 6.07) is 0. The van der Waals surface area contributed by atoms with Crippen molar-refractivity contribution in [3.63, 3.8) is 0 Å². The largest absolute Gasteiger partial charge is 0.355 e. The van der Waals surface area contributed by atoms with E-state index in [1.807, 2.05) is 21.1 Å². The van der Waals surface area contributed by atoms with E-state index in [-0.39, 0.29) is 16.9 Å². The van der Waals surface area contributed by atoms with Crippen LogP contribution >= 0.6 is 0 Å². The molecule has 6 nitrogen and oxygen atoms in total. The molecular formula is C21H41N5O. The number of amides is 1. The van der Waals surface area contributed by atoms with Crippen LogP contribution < -0.4 is 10.6 Å². The number of hydrogen-bond donors (Lipinski definition) is 2. The zero-order valence-corrected chi connectivity index (χ0v) is 18.4. The second-order valence-corrected chi connectivity index (χ2v) is 9.29. The van der Waals surface area contributed by atoms with Crippen LogP contribution in [0.4, 0.5) is 0 Å². The van der Waals surface area contributed by atoms with Gasteiger partial charge in [-0.15, -0.1) is 0 Å². The van der Waals surface area contributed by atoms with Gasteiger partial charge in [0.15, 0.2) is 5.96 Å². The highest BCUT2D eigenvalue weighted by Gasteiger charge is 2.42. The second kappa shape index (κ2) is 9.26. The molecule has 0 bridgehead atoms. The summed E-state index contributed by atoms with van der Waals surface area (Å²) in [6.07, 6.45) is 9.25. The molecule has 2 unspecified atom stereocenters. The van der Waals surface area contributed by atoms with Crippen molar-refractivity contribution in [3.05, 3.63) is 0 Å². The first-order valence-electron chi connectivity index (χ1n) is 10.6. The highest BCUT2D eigenvalue weighted by atomic mass is 16.2. The van der Waals surface area contributed by atoms with Crippen LogP contribution in [0.1, 0.15) is 58.3 Å². The molecule has 156 valence electrons. The molecule has 6 heteroatoms. The lowest BCUT2D eigenvalue weighted by molar-refractivity contribution is -0.138. The zero-order chi connectivity index (χ0) is 20.1. The minimum absolute atomic E-state index is 0.180. The molecule has 1 amide bonds. The van der Waals surface area contributed by atoms with Gasteiger partial charge in [0.05, 0.1) is 5.41 Å². The van der Waals surface area contributed by atoms with Gasteiger partial charge in [-0.1, -0.05) is 32.6 Å². The molecule has 0 spiro atoms. The lowest BCUT2D eigenvalue weighted by Crippen LogP contribution is -2.57. The minimum Gasteiger partial charge on any atom is -0.355 e. The van der Waals surface area contributed by atoms with Gasteiger partial charge in [0.1, 0.15) is 0 Å². The van der Waals surface area contributed by atoms with E-state index in [1.54, 1.807) is 4.90 Å². The molecule has 0 aliphatic heterocycles. The SMILES string of the molecule is CN=C(NCC1(C(=O)N(C)C)CCCC1)NCC1(N(C)C)CCCC(C)C1. The number of aliphatic imine (C=N–C) groups is 1. The number of likely N-dealkylation sites (N-methyl/N-ethyl adjacent to an activating group) is 1. The normalized spacial score (nSPS) is 28.3. The van der Waals surface area contributed by atoms with Gasteiger partial charge in [0.2, 0.25) is 5.91 Å². The summed E-state index contributed by atoms with van der Waals surface area (Å²) < 4.78 is 0. The Kier molecular flexibility index (Phi) is 7.55. The van der Waals surface area contributed by atoms with Gasteiger partial charge >= 0.3 is 0 Å². The molecule has 2 N–H and O–H groups in total. The van der Waals surface area contributed by atoms with Crippen molar-refractivity contribution in [1.82, 2.24) is 20.4 Å². The molecule has 2 saturated carbocycles. The Hall–Kier alpha value is -1.30. The average Bonchev–Trinajstić information content (AvgIpc) is 3.11. The van der Waals surface area contributed by atoms with Gasteiger partial charge < -0.3 is 20.4 Å². The van der Waals surface area contributed by atoms with Gasteiger partial charge in [-0.05, 0) is 45.7 Å². The fraction of sp³-hybridized carbons (Fsp3) is 0.905. The summed E-state index contributed by atoms with van der Waals surface area (Å²) in [4.78, 5) is 21.3. The molecule has 2 aliphatic carbocycles. The lowest BCUT2D eigenvalue weighted by atomic mass is 9.75. The molecule has 27 heavy (non-hydrogen) atoms. The van der Waals surface area contributed by atoms with Crippen LogP contribution in [0.3, 0.4) is 0 Å². The molecule has 0 aromatic heterocycles. The summed E-state index contributed by atoms with van der Waals surface area (Å²) in [5.41, 5.74) is -0.0977. The van der Waals surface area contributed by atoms with Gasteiger partial charge in [0.25, 0.3) is 0 Å². The van der Waals surface area contributed by atoms with Gasteiger partial charge in [0, 0.05) is 39.8 Å². The Bertz CT molecular complexity index is 525. The maximum atomic E-state index is 12.8. The van der Waals surface area contributed by atoms with E-state index in [4.69, 9.17) is 0 Å². The van der Waals surface area contributed by atoms with Crippen molar-refractivity contribution < 1.29 is 4.79 Å².